The molecule has 0 amide bonds. The normalized spacial score (nSPS) is 12.1. The van der Waals surface area contributed by atoms with Crippen LogP contribution in [0, 0.1) is 22.7 Å². The second-order valence-corrected chi connectivity index (χ2v) is 9.92. The Labute approximate surface area is 230 Å². The molecule has 0 fully saturated rings. The molecular weight excluding hydrogens is 492 g/mol. The van der Waals surface area contributed by atoms with Gasteiger partial charge in [0.1, 0.15) is 0 Å². The van der Waals surface area contributed by atoms with Crippen LogP contribution in [0.15, 0.2) is 109 Å². The molecular formula is C36H18N2O2. The average molecular weight is 511 g/mol. The molecule has 7 rings (SSSR count). The van der Waals surface area contributed by atoms with Gasteiger partial charge in [-0.3, -0.25) is 9.59 Å². The van der Waals surface area contributed by atoms with Crippen molar-refractivity contribution in [1.82, 2.24) is 0 Å². The molecule has 6 aromatic rings. The summed E-state index contributed by atoms with van der Waals surface area (Å²) in [5.74, 6) is -0.318. The van der Waals surface area contributed by atoms with Gasteiger partial charge in [0.05, 0.1) is 23.3 Å². The second-order valence-electron chi connectivity index (χ2n) is 9.92. The molecule has 1 aliphatic carbocycles. The van der Waals surface area contributed by atoms with E-state index in [1.165, 1.54) is 0 Å². The number of rotatable bonds is 2. The van der Waals surface area contributed by atoms with Gasteiger partial charge in [0.25, 0.3) is 0 Å². The number of nitriles is 2. The maximum absolute atomic E-state index is 13.7. The number of benzene rings is 6. The fourth-order valence-electron chi connectivity index (χ4n) is 5.56. The molecule has 0 N–H and O–H groups in total. The van der Waals surface area contributed by atoms with Crippen LogP contribution in [0.5, 0.6) is 0 Å². The van der Waals surface area contributed by atoms with Gasteiger partial charge in [-0.05, 0) is 104 Å². The molecule has 0 aliphatic heterocycles. The lowest BCUT2D eigenvalue weighted by molar-refractivity contribution is 0.0979. The largest absolute Gasteiger partial charge is 0.289 e. The predicted octanol–water partition coefficient (Wildman–Crippen LogP) is 7.85. The highest BCUT2D eigenvalue weighted by atomic mass is 16.1. The smallest absolute Gasteiger partial charge is 0.194 e. The first kappa shape index (κ1) is 23.3. The molecule has 0 unspecified atom stereocenters. The Morgan fingerprint density at radius 1 is 0.400 bits per heavy atom. The van der Waals surface area contributed by atoms with E-state index in [0.717, 1.165) is 43.8 Å². The van der Waals surface area contributed by atoms with E-state index < -0.39 is 0 Å². The third-order valence-electron chi connectivity index (χ3n) is 7.63. The van der Waals surface area contributed by atoms with Crippen molar-refractivity contribution in [3.8, 4) is 34.4 Å². The van der Waals surface area contributed by atoms with Crippen LogP contribution in [0.1, 0.15) is 43.0 Å². The Balaban J connectivity index is 1.46. The van der Waals surface area contributed by atoms with E-state index in [2.05, 4.69) is 12.1 Å². The zero-order chi connectivity index (χ0) is 27.4. The zero-order valence-corrected chi connectivity index (χ0v) is 21.1. The van der Waals surface area contributed by atoms with Crippen LogP contribution in [-0.4, -0.2) is 11.6 Å². The van der Waals surface area contributed by atoms with E-state index >= 15 is 0 Å². The number of fused-ring (bicyclic) bond motifs is 4. The Bertz CT molecular complexity index is 1990. The van der Waals surface area contributed by atoms with E-state index in [1.807, 2.05) is 84.9 Å². The lowest BCUT2D eigenvalue weighted by Gasteiger charge is -2.20. The van der Waals surface area contributed by atoms with Crippen molar-refractivity contribution in [3.63, 3.8) is 0 Å². The van der Waals surface area contributed by atoms with Crippen molar-refractivity contribution in [3.05, 3.63) is 143 Å². The second kappa shape index (κ2) is 8.88. The molecule has 0 atom stereocenters. The minimum atomic E-state index is -0.159. The van der Waals surface area contributed by atoms with E-state index in [-0.39, 0.29) is 11.6 Å². The molecule has 0 spiro atoms. The minimum Gasteiger partial charge on any atom is -0.289 e. The fraction of sp³-hybridized carbons (Fsp3) is 0. The van der Waals surface area contributed by atoms with Crippen LogP contribution in [0.2, 0.25) is 0 Å². The van der Waals surface area contributed by atoms with E-state index in [1.54, 1.807) is 24.3 Å². The maximum atomic E-state index is 13.7. The third kappa shape index (κ3) is 3.60. The molecule has 4 nitrogen and oxygen atoms in total. The Morgan fingerprint density at radius 3 is 1.07 bits per heavy atom. The molecule has 0 saturated carbocycles. The van der Waals surface area contributed by atoms with Crippen LogP contribution in [0.4, 0.5) is 0 Å². The quantitative estimate of drug-likeness (QED) is 0.237. The van der Waals surface area contributed by atoms with Crippen molar-refractivity contribution >= 4 is 33.1 Å². The summed E-state index contributed by atoms with van der Waals surface area (Å²) in [5.41, 5.74) is 6.45. The lowest BCUT2D eigenvalue weighted by atomic mass is 9.81. The predicted molar refractivity (Wildman–Crippen MR) is 155 cm³/mol. The summed E-state index contributed by atoms with van der Waals surface area (Å²) in [6, 6.07) is 38.1. The Morgan fingerprint density at radius 2 is 0.725 bits per heavy atom. The van der Waals surface area contributed by atoms with Gasteiger partial charge in [0.15, 0.2) is 11.6 Å². The molecule has 0 saturated heterocycles. The fourth-order valence-corrected chi connectivity index (χ4v) is 5.56. The van der Waals surface area contributed by atoms with Crippen molar-refractivity contribution in [2.45, 2.75) is 0 Å². The molecule has 4 heteroatoms. The summed E-state index contributed by atoms with van der Waals surface area (Å²) in [4.78, 5) is 27.4. The Kier molecular flexibility index (Phi) is 5.17. The average Bonchev–Trinajstić information content (AvgIpc) is 3.01. The van der Waals surface area contributed by atoms with Crippen molar-refractivity contribution in [1.29, 1.82) is 10.5 Å². The molecule has 6 aromatic carbocycles. The number of nitrogens with zero attached hydrogens (tertiary/aromatic N) is 2. The topological polar surface area (TPSA) is 81.7 Å². The standard InChI is InChI=1S/C36H18N2O2/c37-19-21-5-9-23(10-6-21)29-15-27-17-33-34(18-28(27)16-30(29)24-11-7-22(20-38)8-12-24)36(40)32-14-26-4-2-1-3-25(26)13-31(32)35(33)39/h1-18H. The van der Waals surface area contributed by atoms with Crippen molar-refractivity contribution in [2.75, 3.05) is 0 Å². The van der Waals surface area contributed by atoms with Crippen molar-refractivity contribution < 1.29 is 9.59 Å². The van der Waals surface area contributed by atoms with E-state index in [0.29, 0.717) is 33.4 Å². The highest BCUT2D eigenvalue weighted by Gasteiger charge is 2.30. The first-order chi connectivity index (χ1) is 19.5. The summed E-state index contributed by atoms with van der Waals surface area (Å²) < 4.78 is 0. The van der Waals surface area contributed by atoms with Gasteiger partial charge >= 0.3 is 0 Å². The third-order valence-corrected chi connectivity index (χ3v) is 7.63. The van der Waals surface area contributed by atoms with Gasteiger partial charge in [0.2, 0.25) is 0 Å². The molecule has 0 radical (unpaired) electrons. The van der Waals surface area contributed by atoms with Crippen LogP contribution in [-0.2, 0) is 0 Å². The summed E-state index contributed by atoms with van der Waals surface area (Å²) >= 11 is 0. The molecule has 0 aromatic heterocycles. The Hall–Kier alpha value is -5.84. The lowest BCUT2D eigenvalue weighted by Crippen LogP contribution is -2.21. The summed E-state index contributed by atoms with van der Waals surface area (Å²) in [6.45, 7) is 0. The highest BCUT2D eigenvalue weighted by Crippen LogP contribution is 2.39. The summed E-state index contributed by atoms with van der Waals surface area (Å²) in [6.07, 6.45) is 0. The van der Waals surface area contributed by atoms with Crippen LogP contribution in [0.25, 0.3) is 43.8 Å². The van der Waals surface area contributed by atoms with Crippen LogP contribution < -0.4 is 0 Å². The highest BCUT2D eigenvalue weighted by molar-refractivity contribution is 6.30. The SMILES string of the molecule is N#Cc1ccc(-c2cc3cc4c(cc3cc2-c2ccc(C#N)cc2)C(=O)c2cc3ccccc3cc2C4=O)cc1. The number of carbonyl (C=O) groups is 2. The molecule has 40 heavy (non-hydrogen) atoms. The summed E-state index contributed by atoms with van der Waals surface area (Å²) in [7, 11) is 0. The first-order valence-corrected chi connectivity index (χ1v) is 12.8. The van der Waals surface area contributed by atoms with E-state index in [9.17, 15) is 20.1 Å². The van der Waals surface area contributed by atoms with Gasteiger partial charge in [0, 0.05) is 22.3 Å². The van der Waals surface area contributed by atoms with Gasteiger partial charge in [-0.2, -0.15) is 10.5 Å². The van der Waals surface area contributed by atoms with E-state index in [4.69, 9.17) is 0 Å². The first-order valence-electron chi connectivity index (χ1n) is 12.8. The minimum absolute atomic E-state index is 0.159. The molecule has 0 heterocycles. The van der Waals surface area contributed by atoms with Gasteiger partial charge in [-0.15, -0.1) is 0 Å². The molecule has 1 aliphatic rings. The van der Waals surface area contributed by atoms with Crippen LogP contribution in [0.3, 0.4) is 0 Å². The monoisotopic (exact) mass is 510 g/mol. The zero-order valence-electron chi connectivity index (χ0n) is 21.1. The number of hydrogen-bond donors (Lipinski definition) is 0. The van der Waals surface area contributed by atoms with Gasteiger partial charge in [-0.1, -0.05) is 48.5 Å². The van der Waals surface area contributed by atoms with Crippen molar-refractivity contribution in [2.24, 2.45) is 0 Å². The van der Waals surface area contributed by atoms with Gasteiger partial charge < -0.3 is 0 Å². The molecule has 0 bridgehead atoms. The summed E-state index contributed by atoms with van der Waals surface area (Å²) in [5, 5.41) is 22.1. The molecule has 184 valence electrons. The number of carbonyl (C=O) groups excluding carboxylic acids is 2. The van der Waals surface area contributed by atoms with Crippen LogP contribution >= 0.6 is 0 Å². The number of ketones is 2. The number of hydrogen-bond acceptors (Lipinski definition) is 4. The van der Waals surface area contributed by atoms with Gasteiger partial charge in [-0.25, -0.2) is 0 Å². The maximum Gasteiger partial charge on any atom is 0.194 e.